The number of aliphatic hydroxyl groups excluding tert-OH is 1. The fourth-order valence-corrected chi connectivity index (χ4v) is 2.52. The highest BCUT2D eigenvalue weighted by Crippen LogP contribution is 2.17. The smallest absolute Gasteiger partial charge is 0.256 e. The second kappa shape index (κ2) is 5.99. The predicted molar refractivity (Wildman–Crippen MR) is 72.2 cm³/mol. The maximum atomic E-state index is 12.1. The van der Waals surface area contributed by atoms with Crippen LogP contribution in [-0.4, -0.2) is 22.7 Å². The Kier molecular flexibility index (Phi) is 4.34. The average molecular weight is 280 g/mol. The Bertz CT molecular complexity index is 548. The number of nitrogens with zero attached hydrogens (tertiary/aromatic N) is 1. The summed E-state index contributed by atoms with van der Waals surface area (Å²) >= 11 is 1.51. The lowest BCUT2D eigenvalue weighted by Crippen LogP contribution is -2.29. The van der Waals surface area contributed by atoms with Crippen molar-refractivity contribution in [1.29, 1.82) is 0 Å². The van der Waals surface area contributed by atoms with Crippen molar-refractivity contribution < 1.29 is 14.4 Å². The van der Waals surface area contributed by atoms with E-state index in [1.807, 2.05) is 23.8 Å². The van der Waals surface area contributed by atoms with Crippen LogP contribution in [0.25, 0.3) is 0 Å². The van der Waals surface area contributed by atoms with Gasteiger partial charge < -0.3 is 14.9 Å². The Morgan fingerprint density at radius 2 is 2.42 bits per heavy atom. The number of hydrogen-bond donors (Lipinski definition) is 2. The maximum absolute atomic E-state index is 12.1. The molecule has 1 amide bonds. The molecule has 0 aliphatic carbocycles. The molecule has 102 valence electrons. The summed E-state index contributed by atoms with van der Waals surface area (Å²) in [5.74, 6) is 0.240. The molecular weight excluding hydrogens is 264 g/mol. The van der Waals surface area contributed by atoms with Crippen LogP contribution in [-0.2, 0) is 6.42 Å². The third kappa shape index (κ3) is 3.02. The van der Waals surface area contributed by atoms with Crippen LogP contribution in [0.1, 0.15) is 40.4 Å². The molecule has 19 heavy (non-hydrogen) atoms. The van der Waals surface area contributed by atoms with Gasteiger partial charge in [-0.15, -0.1) is 0 Å². The van der Waals surface area contributed by atoms with Crippen LogP contribution < -0.4 is 5.32 Å². The van der Waals surface area contributed by atoms with E-state index in [2.05, 4.69) is 10.5 Å². The van der Waals surface area contributed by atoms with Crippen molar-refractivity contribution in [3.05, 3.63) is 39.4 Å². The molecule has 1 unspecified atom stereocenters. The lowest BCUT2D eigenvalue weighted by Gasteiger charge is -2.10. The molecule has 0 aliphatic rings. The molecule has 0 spiro atoms. The van der Waals surface area contributed by atoms with Gasteiger partial charge in [0.2, 0.25) is 0 Å². The number of carbonyl (C=O) groups excluding carboxylic acids is 1. The van der Waals surface area contributed by atoms with E-state index in [9.17, 15) is 9.90 Å². The van der Waals surface area contributed by atoms with E-state index in [1.165, 1.54) is 11.3 Å². The van der Waals surface area contributed by atoms with Gasteiger partial charge in [-0.25, -0.2) is 0 Å². The average Bonchev–Trinajstić information content (AvgIpc) is 3.04. The minimum absolute atomic E-state index is 0.170. The molecule has 0 aromatic carbocycles. The van der Waals surface area contributed by atoms with Gasteiger partial charge in [0, 0.05) is 6.54 Å². The first-order valence-corrected chi connectivity index (χ1v) is 7.01. The standard InChI is InChI=1S/C13H16N2O3S/c1-3-10-12(8(2)18-15-10)13(17)14-6-11(16)9-4-5-19-7-9/h4-5,7,11,16H,3,6H2,1-2H3,(H,14,17). The van der Waals surface area contributed by atoms with Gasteiger partial charge in [0.15, 0.2) is 0 Å². The number of aryl methyl sites for hydroxylation is 2. The van der Waals surface area contributed by atoms with Crippen molar-refractivity contribution in [3.63, 3.8) is 0 Å². The highest BCUT2D eigenvalue weighted by atomic mass is 32.1. The van der Waals surface area contributed by atoms with Gasteiger partial charge in [0.05, 0.1) is 11.8 Å². The predicted octanol–water partition coefficient (Wildman–Crippen LogP) is 2.07. The Morgan fingerprint density at radius 1 is 1.63 bits per heavy atom. The summed E-state index contributed by atoms with van der Waals surface area (Å²) in [5.41, 5.74) is 1.92. The number of rotatable bonds is 5. The molecule has 0 radical (unpaired) electrons. The van der Waals surface area contributed by atoms with Crippen LogP contribution in [0.5, 0.6) is 0 Å². The van der Waals surface area contributed by atoms with Crippen LogP contribution in [0.15, 0.2) is 21.3 Å². The zero-order valence-corrected chi connectivity index (χ0v) is 11.7. The molecule has 2 aromatic heterocycles. The third-order valence-corrected chi connectivity index (χ3v) is 3.58. The van der Waals surface area contributed by atoms with Crippen LogP contribution in [0.2, 0.25) is 0 Å². The molecule has 6 heteroatoms. The number of aliphatic hydroxyl groups is 1. The molecule has 1 atom stereocenters. The summed E-state index contributed by atoms with van der Waals surface area (Å²) in [5, 5.41) is 20.2. The lowest BCUT2D eigenvalue weighted by molar-refractivity contribution is 0.0914. The van der Waals surface area contributed by atoms with Crippen LogP contribution in [0, 0.1) is 6.92 Å². The van der Waals surface area contributed by atoms with Crippen LogP contribution in [0.4, 0.5) is 0 Å². The molecule has 0 saturated carbocycles. The third-order valence-electron chi connectivity index (χ3n) is 2.88. The van der Waals surface area contributed by atoms with Crippen molar-refractivity contribution in [2.24, 2.45) is 0 Å². The number of nitrogens with one attached hydrogen (secondary N) is 1. The molecule has 5 nitrogen and oxygen atoms in total. The first-order chi connectivity index (χ1) is 9.13. The number of thiophene rings is 1. The maximum Gasteiger partial charge on any atom is 0.256 e. The van der Waals surface area contributed by atoms with E-state index in [0.717, 1.165) is 5.56 Å². The van der Waals surface area contributed by atoms with Crippen molar-refractivity contribution in [2.75, 3.05) is 6.54 Å². The highest BCUT2D eigenvalue weighted by Gasteiger charge is 2.19. The van der Waals surface area contributed by atoms with Gasteiger partial charge in [-0.3, -0.25) is 4.79 Å². The molecule has 2 aromatic rings. The summed E-state index contributed by atoms with van der Waals surface area (Å²) in [7, 11) is 0. The summed E-state index contributed by atoms with van der Waals surface area (Å²) in [6.45, 7) is 3.79. The number of carbonyl (C=O) groups is 1. The fraction of sp³-hybridized carbons (Fsp3) is 0.385. The summed E-state index contributed by atoms with van der Waals surface area (Å²) in [4.78, 5) is 12.1. The topological polar surface area (TPSA) is 75.4 Å². The van der Waals surface area contributed by atoms with E-state index < -0.39 is 6.10 Å². The van der Waals surface area contributed by atoms with Crippen molar-refractivity contribution in [3.8, 4) is 0 Å². The van der Waals surface area contributed by atoms with Crippen molar-refractivity contribution in [2.45, 2.75) is 26.4 Å². The molecule has 0 aliphatic heterocycles. The van der Waals surface area contributed by atoms with E-state index in [4.69, 9.17) is 4.52 Å². The molecule has 0 saturated heterocycles. The van der Waals surface area contributed by atoms with Gasteiger partial charge >= 0.3 is 0 Å². The van der Waals surface area contributed by atoms with Crippen LogP contribution >= 0.6 is 11.3 Å². The molecule has 0 fully saturated rings. The van der Waals surface area contributed by atoms with Gasteiger partial charge in [0.25, 0.3) is 5.91 Å². The Balaban J connectivity index is 2.00. The Morgan fingerprint density at radius 3 is 3.05 bits per heavy atom. The number of aromatic nitrogens is 1. The summed E-state index contributed by atoms with van der Waals surface area (Å²) in [6, 6.07) is 1.84. The Labute approximate surface area is 115 Å². The van der Waals surface area contributed by atoms with Crippen LogP contribution in [0.3, 0.4) is 0 Å². The van der Waals surface area contributed by atoms with Crippen molar-refractivity contribution >= 4 is 17.2 Å². The van der Waals surface area contributed by atoms with Gasteiger partial charge in [-0.2, -0.15) is 11.3 Å². The fourth-order valence-electron chi connectivity index (χ4n) is 1.81. The molecule has 2 heterocycles. The normalized spacial score (nSPS) is 12.4. The lowest BCUT2D eigenvalue weighted by atomic mass is 10.1. The largest absolute Gasteiger partial charge is 0.387 e. The van der Waals surface area contributed by atoms with Crippen molar-refractivity contribution in [1.82, 2.24) is 10.5 Å². The van der Waals surface area contributed by atoms with Gasteiger partial charge in [-0.05, 0) is 35.7 Å². The zero-order chi connectivity index (χ0) is 13.8. The number of hydrogen-bond acceptors (Lipinski definition) is 5. The van der Waals surface area contributed by atoms with E-state index in [0.29, 0.717) is 23.4 Å². The first kappa shape index (κ1) is 13.8. The summed E-state index contributed by atoms with van der Waals surface area (Å²) < 4.78 is 5.02. The van der Waals surface area contributed by atoms with E-state index in [1.54, 1.807) is 6.92 Å². The first-order valence-electron chi connectivity index (χ1n) is 6.07. The molecular formula is C13H16N2O3S. The van der Waals surface area contributed by atoms with E-state index >= 15 is 0 Å². The minimum Gasteiger partial charge on any atom is -0.387 e. The highest BCUT2D eigenvalue weighted by molar-refractivity contribution is 7.07. The molecule has 2 N–H and O–H groups in total. The summed E-state index contributed by atoms with van der Waals surface area (Å²) in [6.07, 6.45) is -0.0619. The second-order valence-electron chi connectivity index (χ2n) is 4.20. The van der Waals surface area contributed by atoms with Gasteiger partial charge in [-0.1, -0.05) is 12.1 Å². The zero-order valence-electron chi connectivity index (χ0n) is 10.8. The van der Waals surface area contributed by atoms with E-state index in [-0.39, 0.29) is 12.5 Å². The molecule has 2 rings (SSSR count). The van der Waals surface area contributed by atoms with Gasteiger partial charge in [0.1, 0.15) is 11.3 Å². The second-order valence-corrected chi connectivity index (χ2v) is 4.98. The monoisotopic (exact) mass is 280 g/mol. The quantitative estimate of drug-likeness (QED) is 0.879. The number of amides is 1. The Hall–Kier alpha value is -1.66. The molecule has 0 bridgehead atoms. The minimum atomic E-state index is -0.694. The SMILES string of the molecule is CCc1noc(C)c1C(=O)NCC(O)c1ccsc1.